The fraction of sp³-hybridized carbons (Fsp3) is 0.727. The third-order valence-electron chi connectivity index (χ3n) is 8.15. The number of ether oxygens (including phenoxy) is 4. The first-order chi connectivity index (χ1) is 21.8. The van der Waals surface area contributed by atoms with Crippen LogP contribution in [0.1, 0.15) is 129 Å². The minimum absolute atomic E-state index is 0.0444. The van der Waals surface area contributed by atoms with Crippen LogP contribution in [0, 0.1) is 18.4 Å². The van der Waals surface area contributed by atoms with E-state index in [0.29, 0.717) is 6.42 Å². The predicted molar refractivity (Wildman–Crippen MR) is 168 cm³/mol. The van der Waals surface area contributed by atoms with E-state index < -0.39 is 36.1 Å². The van der Waals surface area contributed by atoms with E-state index in [1.165, 1.54) is 62.3 Å². The lowest BCUT2D eigenvalue weighted by molar-refractivity contribution is -0.157. The van der Waals surface area contributed by atoms with Gasteiger partial charge in [0, 0.05) is 12.8 Å². The van der Waals surface area contributed by atoms with E-state index in [2.05, 4.69) is 34.7 Å². The Balaban J connectivity index is 1.56. The van der Waals surface area contributed by atoms with Crippen LogP contribution in [0.15, 0.2) is 6.33 Å². The summed E-state index contributed by atoms with van der Waals surface area (Å²) in [6.07, 6.45) is 20.4. The van der Waals surface area contributed by atoms with E-state index in [9.17, 15) is 14.0 Å². The molecule has 1 aliphatic heterocycles. The Bertz CT molecular complexity index is 1250. The first kappa shape index (κ1) is 36.0. The Morgan fingerprint density at radius 3 is 2.27 bits per heavy atom. The second-order valence-electron chi connectivity index (χ2n) is 11.8. The molecule has 0 bridgehead atoms. The Labute approximate surface area is 266 Å². The van der Waals surface area contributed by atoms with Crippen molar-refractivity contribution in [3.8, 4) is 12.3 Å². The summed E-state index contributed by atoms with van der Waals surface area (Å²) < 4.78 is 38.2. The van der Waals surface area contributed by atoms with E-state index in [4.69, 9.17) is 31.1 Å². The number of hydrogen-bond donors (Lipinski definition) is 1. The summed E-state index contributed by atoms with van der Waals surface area (Å²) in [5.41, 5.74) is 4.47. The summed E-state index contributed by atoms with van der Waals surface area (Å²) >= 11 is 0. The molecule has 0 unspecified atom stereocenters. The SMILES string of the molecule is C#C[C@]1(COC(=O)CCCCCC)O[C@@H](n2cnc3c(N)nc(F)nc32)C[C@@H]1OC(=O)OCCCCCCCCCCCCC. The van der Waals surface area contributed by atoms with Gasteiger partial charge in [-0.2, -0.15) is 14.4 Å². The van der Waals surface area contributed by atoms with E-state index in [1.54, 1.807) is 0 Å². The van der Waals surface area contributed by atoms with Gasteiger partial charge in [-0.1, -0.05) is 103 Å². The number of carbonyl (C=O) groups excluding carboxylic acids is 2. The van der Waals surface area contributed by atoms with E-state index in [0.717, 1.165) is 38.5 Å². The lowest BCUT2D eigenvalue weighted by Gasteiger charge is -2.28. The van der Waals surface area contributed by atoms with Crippen LogP contribution in [0.25, 0.3) is 11.2 Å². The van der Waals surface area contributed by atoms with E-state index in [-0.39, 0.29) is 43.0 Å². The molecular weight excluding hydrogens is 581 g/mol. The largest absolute Gasteiger partial charge is 0.508 e. The Morgan fingerprint density at radius 1 is 1.00 bits per heavy atom. The summed E-state index contributed by atoms with van der Waals surface area (Å²) in [6.45, 7) is 4.18. The van der Waals surface area contributed by atoms with Crippen molar-refractivity contribution < 1.29 is 32.9 Å². The zero-order valence-corrected chi connectivity index (χ0v) is 26.9. The van der Waals surface area contributed by atoms with Gasteiger partial charge in [0.1, 0.15) is 12.8 Å². The number of aromatic nitrogens is 4. The standard InChI is InChI=1S/C33H50FN5O6/c1-4-7-9-11-12-13-14-15-16-17-19-21-42-32(41)44-25-22-26(39-24-36-28-29(35)37-31(34)38-30(28)39)45-33(25,6-3)23-43-27(40)20-18-10-8-5-2/h3,24-26H,4-5,7-23H2,1-2H3,(H2,35,37,38)/t25-,26+,33+/m0/s1. The van der Waals surface area contributed by atoms with Crippen molar-refractivity contribution in [1.29, 1.82) is 0 Å². The summed E-state index contributed by atoms with van der Waals surface area (Å²) in [6, 6.07) is 0. The molecule has 250 valence electrons. The van der Waals surface area contributed by atoms with Crippen molar-refractivity contribution in [1.82, 2.24) is 19.5 Å². The van der Waals surface area contributed by atoms with Gasteiger partial charge in [-0.25, -0.2) is 9.78 Å². The van der Waals surface area contributed by atoms with Crippen molar-refractivity contribution in [2.45, 2.75) is 141 Å². The van der Waals surface area contributed by atoms with Crippen LogP contribution >= 0.6 is 0 Å². The highest BCUT2D eigenvalue weighted by atomic mass is 19.1. The minimum Gasteiger partial charge on any atom is -0.461 e. The van der Waals surface area contributed by atoms with Crippen molar-refractivity contribution in [3.63, 3.8) is 0 Å². The number of anilines is 1. The number of unbranched alkanes of at least 4 members (excludes halogenated alkanes) is 13. The van der Waals surface area contributed by atoms with E-state index in [1.807, 2.05) is 0 Å². The lowest BCUT2D eigenvalue weighted by atomic mass is 9.98. The maximum absolute atomic E-state index is 14.0. The van der Waals surface area contributed by atoms with Crippen LogP contribution in [0.5, 0.6) is 0 Å². The smallest absolute Gasteiger partial charge is 0.461 e. The van der Waals surface area contributed by atoms with Gasteiger partial charge in [-0.15, -0.1) is 6.42 Å². The number of nitrogens with two attached hydrogens (primary N) is 1. The fourth-order valence-electron chi connectivity index (χ4n) is 5.50. The number of nitrogens with zero attached hydrogens (tertiary/aromatic N) is 4. The van der Waals surface area contributed by atoms with Gasteiger partial charge in [-0.3, -0.25) is 9.36 Å². The quantitative estimate of drug-likeness (QED) is 0.0651. The molecule has 1 saturated heterocycles. The fourth-order valence-corrected chi connectivity index (χ4v) is 5.50. The molecule has 3 heterocycles. The van der Waals surface area contributed by atoms with Gasteiger partial charge in [-0.05, 0) is 12.8 Å². The summed E-state index contributed by atoms with van der Waals surface area (Å²) in [4.78, 5) is 36.7. The van der Waals surface area contributed by atoms with Gasteiger partial charge < -0.3 is 24.7 Å². The molecule has 11 nitrogen and oxygen atoms in total. The van der Waals surface area contributed by atoms with Crippen LogP contribution in [0.2, 0.25) is 0 Å². The number of fused-ring (bicyclic) bond motifs is 1. The second kappa shape index (κ2) is 19.1. The number of rotatable bonds is 21. The first-order valence-corrected chi connectivity index (χ1v) is 16.6. The maximum atomic E-state index is 14.0. The van der Waals surface area contributed by atoms with Crippen LogP contribution in [0.4, 0.5) is 15.0 Å². The number of esters is 1. The number of terminal acetylenes is 1. The van der Waals surface area contributed by atoms with Gasteiger partial charge in [0.05, 0.1) is 12.9 Å². The van der Waals surface area contributed by atoms with Crippen LogP contribution < -0.4 is 5.73 Å². The predicted octanol–water partition coefficient (Wildman–Crippen LogP) is 7.18. The minimum atomic E-state index is -1.62. The highest BCUT2D eigenvalue weighted by molar-refractivity contribution is 5.81. The molecule has 0 radical (unpaired) electrons. The molecule has 2 aromatic rings. The molecule has 0 aromatic carbocycles. The monoisotopic (exact) mass is 631 g/mol. The van der Waals surface area contributed by atoms with Crippen molar-refractivity contribution in [3.05, 3.63) is 12.4 Å². The van der Waals surface area contributed by atoms with Crippen LogP contribution in [-0.2, 0) is 23.7 Å². The number of hydrogen-bond acceptors (Lipinski definition) is 10. The highest BCUT2D eigenvalue weighted by Crippen LogP contribution is 2.40. The van der Waals surface area contributed by atoms with Gasteiger partial charge >= 0.3 is 18.2 Å². The van der Waals surface area contributed by atoms with Crippen molar-refractivity contribution in [2.75, 3.05) is 18.9 Å². The molecule has 0 amide bonds. The Hall–Kier alpha value is -3.46. The van der Waals surface area contributed by atoms with Gasteiger partial charge in [0.2, 0.25) is 5.60 Å². The normalized spacial score (nSPS) is 19.4. The maximum Gasteiger partial charge on any atom is 0.508 e. The molecule has 2 aromatic heterocycles. The zero-order valence-electron chi connectivity index (χ0n) is 26.9. The average molecular weight is 632 g/mol. The number of nitrogen functional groups attached to an aromatic ring is 1. The molecular formula is C33H50FN5O6. The number of imidazole rings is 1. The molecule has 0 saturated carbocycles. The number of halogens is 1. The molecule has 1 aliphatic rings. The Morgan fingerprint density at radius 2 is 1.62 bits per heavy atom. The molecule has 3 rings (SSSR count). The topological polar surface area (TPSA) is 141 Å². The highest BCUT2D eigenvalue weighted by Gasteiger charge is 2.52. The summed E-state index contributed by atoms with van der Waals surface area (Å²) in [5, 5.41) is 0. The van der Waals surface area contributed by atoms with Crippen molar-refractivity contribution >= 4 is 29.1 Å². The van der Waals surface area contributed by atoms with Crippen LogP contribution in [-0.4, -0.2) is 56.6 Å². The molecule has 0 spiro atoms. The van der Waals surface area contributed by atoms with Crippen LogP contribution in [0.3, 0.4) is 0 Å². The third-order valence-corrected chi connectivity index (χ3v) is 8.15. The zero-order chi connectivity index (χ0) is 32.5. The summed E-state index contributed by atoms with van der Waals surface area (Å²) in [5.74, 6) is 1.98. The average Bonchev–Trinajstić information content (AvgIpc) is 3.60. The second-order valence-corrected chi connectivity index (χ2v) is 11.8. The molecule has 1 fully saturated rings. The van der Waals surface area contributed by atoms with Crippen molar-refractivity contribution in [2.24, 2.45) is 0 Å². The Kier molecular flexibility index (Phi) is 15.3. The van der Waals surface area contributed by atoms with Gasteiger partial charge in [0.25, 0.3) is 0 Å². The molecule has 3 atom stereocenters. The molecule has 12 heteroatoms. The third kappa shape index (κ3) is 11.1. The molecule has 0 aliphatic carbocycles. The molecule has 45 heavy (non-hydrogen) atoms. The molecule has 2 N–H and O–H groups in total. The van der Waals surface area contributed by atoms with Gasteiger partial charge in [0.15, 0.2) is 23.1 Å². The number of carbonyl (C=O) groups is 2. The van der Waals surface area contributed by atoms with E-state index >= 15 is 0 Å². The first-order valence-electron chi connectivity index (χ1n) is 16.6. The summed E-state index contributed by atoms with van der Waals surface area (Å²) in [7, 11) is 0. The lowest BCUT2D eigenvalue weighted by Crippen LogP contribution is -2.45.